The highest BCUT2D eigenvalue weighted by Gasteiger charge is 2.28. The average molecular weight is 266 g/mol. The quantitative estimate of drug-likeness (QED) is 0.563. The zero-order chi connectivity index (χ0) is 13.7. The Balaban J connectivity index is 1.67. The molecule has 2 rings (SSSR count). The first-order valence-corrected chi connectivity index (χ1v) is 6.35. The summed E-state index contributed by atoms with van der Waals surface area (Å²) in [5.41, 5.74) is 5.34. The normalized spacial score (nSPS) is 19.5. The molecule has 0 aliphatic carbocycles. The van der Waals surface area contributed by atoms with Crippen molar-refractivity contribution in [2.45, 2.75) is 25.3 Å². The number of hydrogen-bond acceptors (Lipinski definition) is 5. The molecule has 4 N–H and O–H groups in total. The van der Waals surface area contributed by atoms with E-state index in [2.05, 4.69) is 25.4 Å². The summed E-state index contributed by atoms with van der Waals surface area (Å²) in [7, 11) is 0. The molecule has 8 nitrogen and oxygen atoms in total. The van der Waals surface area contributed by atoms with E-state index in [0.29, 0.717) is 6.54 Å². The van der Waals surface area contributed by atoms with Gasteiger partial charge in [-0.25, -0.2) is 4.98 Å². The van der Waals surface area contributed by atoms with E-state index in [1.165, 1.54) is 6.33 Å². The Bertz CT molecular complexity index is 432. The van der Waals surface area contributed by atoms with Crippen LogP contribution in [0, 0.1) is 0 Å². The number of amides is 2. The molecule has 1 aliphatic rings. The van der Waals surface area contributed by atoms with Crippen molar-refractivity contribution >= 4 is 11.8 Å². The number of hydrogen-bond donors (Lipinski definition) is 3. The number of nitrogens with one attached hydrogen (secondary N) is 2. The van der Waals surface area contributed by atoms with Gasteiger partial charge in [0, 0.05) is 13.1 Å². The van der Waals surface area contributed by atoms with E-state index >= 15 is 0 Å². The van der Waals surface area contributed by atoms with Crippen LogP contribution < -0.4 is 11.1 Å². The summed E-state index contributed by atoms with van der Waals surface area (Å²) >= 11 is 0. The maximum atomic E-state index is 11.5. The predicted molar refractivity (Wildman–Crippen MR) is 67.1 cm³/mol. The molecule has 2 heterocycles. The highest BCUT2D eigenvalue weighted by molar-refractivity contribution is 5.90. The van der Waals surface area contributed by atoms with Crippen LogP contribution in [-0.2, 0) is 4.79 Å². The van der Waals surface area contributed by atoms with Gasteiger partial charge in [-0.1, -0.05) is 0 Å². The number of carbonyl (C=O) groups excluding carboxylic acids is 2. The number of nitrogens with zero attached hydrogens (tertiary/aromatic N) is 3. The molecule has 0 spiro atoms. The second kappa shape index (κ2) is 6.28. The molecule has 1 saturated heterocycles. The molecule has 0 saturated carbocycles. The largest absolute Gasteiger partial charge is 0.368 e. The third-order valence-corrected chi connectivity index (χ3v) is 3.23. The lowest BCUT2D eigenvalue weighted by molar-refractivity contribution is -0.122. The fourth-order valence-corrected chi connectivity index (χ4v) is 2.30. The Morgan fingerprint density at radius 1 is 1.58 bits per heavy atom. The van der Waals surface area contributed by atoms with Crippen LogP contribution in [0.4, 0.5) is 0 Å². The fourth-order valence-electron chi connectivity index (χ4n) is 2.30. The first-order valence-electron chi connectivity index (χ1n) is 6.35. The number of H-pyrrole nitrogens is 1. The lowest BCUT2D eigenvalue weighted by Crippen LogP contribution is -2.41. The Labute approximate surface area is 110 Å². The van der Waals surface area contributed by atoms with Gasteiger partial charge >= 0.3 is 0 Å². The topological polar surface area (TPSA) is 117 Å². The van der Waals surface area contributed by atoms with Gasteiger partial charge in [0.05, 0.1) is 6.04 Å². The van der Waals surface area contributed by atoms with Crippen molar-refractivity contribution in [1.82, 2.24) is 25.4 Å². The van der Waals surface area contributed by atoms with E-state index in [1.807, 2.05) is 0 Å². The molecule has 8 heteroatoms. The molecule has 1 aromatic heterocycles. The Hall–Kier alpha value is -1.96. The van der Waals surface area contributed by atoms with Crippen molar-refractivity contribution in [3.63, 3.8) is 0 Å². The van der Waals surface area contributed by atoms with Gasteiger partial charge in [0.25, 0.3) is 5.91 Å². The number of primary amides is 1. The lowest BCUT2D eigenvalue weighted by Gasteiger charge is -2.21. The van der Waals surface area contributed by atoms with Crippen molar-refractivity contribution in [2.75, 3.05) is 19.6 Å². The second-order valence-corrected chi connectivity index (χ2v) is 4.54. The van der Waals surface area contributed by atoms with E-state index in [4.69, 9.17) is 5.73 Å². The van der Waals surface area contributed by atoms with Gasteiger partial charge in [0.15, 0.2) is 0 Å². The first-order chi connectivity index (χ1) is 9.18. The Morgan fingerprint density at radius 2 is 2.42 bits per heavy atom. The number of aromatic nitrogens is 3. The highest BCUT2D eigenvalue weighted by atomic mass is 16.2. The van der Waals surface area contributed by atoms with Crippen LogP contribution in [0.2, 0.25) is 0 Å². The number of rotatable bonds is 6. The molecular weight excluding hydrogens is 248 g/mol. The molecule has 0 aromatic carbocycles. The van der Waals surface area contributed by atoms with Crippen LogP contribution in [0.1, 0.15) is 29.9 Å². The maximum Gasteiger partial charge on any atom is 0.288 e. The van der Waals surface area contributed by atoms with Gasteiger partial charge in [-0.15, -0.1) is 0 Å². The van der Waals surface area contributed by atoms with Gasteiger partial charge in [0.2, 0.25) is 11.7 Å². The third kappa shape index (κ3) is 3.50. The van der Waals surface area contributed by atoms with Crippen LogP contribution in [0.25, 0.3) is 0 Å². The summed E-state index contributed by atoms with van der Waals surface area (Å²) in [6.07, 6.45) is 3.89. The second-order valence-electron chi connectivity index (χ2n) is 4.54. The minimum Gasteiger partial charge on any atom is -0.368 e. The maximum absolute atomic E-state index is 11.5. The standard InChI is InChI=1S/C11H18N6O2/c12-9(18)8-3-1-5-17(8)6-2-4-13-11(19)10-14-7-15-16-10/h7-8H,1-6H2,(H2,12,18)(H,13,19)(H,14,15,16). The first kappa shape index (κ1) is 13.5. The van der Waals surface area contributed by atoms with Crippen molar-refractivity contribution in [2.24, 2.45) is 5.73 Å². The molecule has 2 amide bonds. The number of aromatic amines is 1. The van der Waals surface area contributed by atoms with Crippen LogP contribution in [0.15, 0.2) is 6.33 Å². The molecule has 1 fully saturated rings. The molecule has 104 valence electrons. The monoisotopic (exact) mass is 266 g/mol. The van der Waals surface area contributed by atoms with Crippen molar-refractivity contribution in [3.8, 4) is 0 Å². The van der Waals surface area contributed by atoms with Crippen LogP contribution in [0.5, 0.6) is 0 Å². The summed E-state index contributed by atoms with van der Waals surface area (Å²) in [6.45, 7) is 2.18. The minimum atomic E-state index is -0.273. The third-order valence-electron chi connectivity index (χ3n) is 3.23. The summed E-state index contributed by atoms with van der Waals surface area (Å²) in [4.78, 5) is 28.6. The summed E-state index contributed by atoms with van der Waals surface area (Å²) in [5, 5.41) is 8.84. The molecule has 1 aromatic rings. The number of likely N-dealkylation sites (tertiary alicyclic amines) is 1. The van der Waals surface area contributed by atoms with Gasteiger partial charge in [0.1, 0.15) is 6.33 Å². The highest BCUT2D eigenvalue weighted by Crippen LogP contribution is 2.16. The van der Waals surface area contributed by atoms with E-state index in [9.17, 15) is 9.59 Å². The smallest absolute Gasteiger partial charge is 0.288 e. The Morgan fingerprint density at radius 3 is 3.11 bits per heavy atom. The zero-order valence-electron chi connectivity index (χ0n) is 10.6. The molecule has 19 heavy (non-hydrogen) atoms. The summed E-state index contributed by atoms with van der Waals surface area (Å²) < 4.78 is 0. The fraction of sp³-hybridized carbons (Fsp3) is 0.636. The molecule has 0 bridgehead atoms. The van der Waals surface area contributed by atoms with Gasteiger partial charge in [-0.2, -0.15) is 5.10 Å². The predicted octanol–water partition coefficient (Wildman–Crippen LogP) is -1.13. The van der Waals surface area contributed by atoms with Crippen molar-refractivity contribution in [1.29, 1.82) is 0 Å². The van der Waals surface area contributed by atoms with Crippen molar-refractivity contribution < 1.29 is 9.59 Å². The van der Waals surface area contributed by atoms with Gasteiger partial charge in [-0.3, -0.25) is 19.6 Å². The average Bonchev–Trinajstić information content (AvgIpc) is 3.04. The van der Waals surface area contributed by atoms with Gasteiger partial charge in [-0.05, 0) is 25.8 Å². The zero-order valence-corrected chi connectivity index (χ0v) is 10.6. The molecule has 1 unspecified atom stereocenters. The van der Waals surface area contributed by atoms with E-state index in [1.54, 1.807) is 0 Å². The van der Waals surface area contributed by atoms with Crippen LogP contribution in [0.3, 0.4) is 0 Å². The van der Waals surface area contributed by atoms with Crippen LogP contribution >= 0.6 is 0 Å². The summed E-state index contributed by atoms with van der Waals surface area (Å²) in [5.74, 6) is -0.329. The van der Waals surface area contributed by atoms with E-state index in [0.717, 1.165) is 32.4 Å². The molecule has 0 radical (unpaired) electrons. The number of nitrogens with two attached hydrogens (primary N) is 1. The SMILES string of the molecule is NC(=O)C1CCCN1CCCNC(=O)c1ncn[nH]1. The summed E-state index contributed by atoms with van der Waals surface area (Å²) in [6, 6.07) is -0.148. The molecule has 1 aliphatic heterocycles. The van der Waals surface area contributed by atoms with Gasteiger partial charge < -0.3 is 11.1 Å². The van der Waals surface area contributed by atoms with E-state index < -0.39 is 0 Å². The lowest BCUT2D eigenvalue weighted by atomic mass is 10.2. The van der Waals surface area contributed by atoms with E-state index in [-0.39, 0.29) is 23.7 Å². The minimum absolute atomic E-state index is 0.148. The Kier molecular flexibility index (Phi) is 4.45. The molecule has 1 atom stereocenters. The number of carbonyl (C=O) groups is 2. The van der Waals surface area contributed by atoms with Crippen molar-refractivity contribution in [3.05, 3.63) is 12.2 Å². The van der Waals surface area contributed by atoms with Crippen LogP contribution in [-0.4, -0.2) is 57.6 Å². The molecular formula is C11H18N6O2.